The molecule has 12 nitrogen and oxygen atoms in total. The molecular weight excluding hydrogens is 508 g/mol. The Kier molecular flexibility index (Phi) is 6.25. The van der Waals surface area contributed by atoms with Crippen LogP contribution in [0.3, 0.4) is 0 Å². The molecular formula is C22H27ClN8O4S. The molecule has 1 saturated heterocycles. The second-order valence-corrected chi connectivity index (χ2v) is 11.5. The molecule has 2 amide bonds. The van der Waals surface area contributed by atoms with E-state index < -0.39 is 21.4 Å². The number of hydrogen-bond donors (Lipinski definition) is 2. The van der Waals surface area contributed by atoms with E-state index in [0.717, 1.165) is 11.3 Å². The van der Waals surface area contributed by atoms with E-state index in [9.17, 15) is 18.0 Å². The van der Waals surface area contributed by atoms with Gasteiger partial charge >= 0.3 is 0 Å². The van der Waals surface area contributed by atoms with E-state index in [1.54, 1.807) is 17.2 Å². The van der Waals surface area contributed by atoms with Crippen LogP contribution in [0.2, 0.25) is 0 Å². The van der Waals surface area contributed by atoms with Crippen molar-refractivity contribution in [1.82, 2.24) is 30.0 Å². The third kappa shape index (κ3) is 4.35. The summed E-state index contributed by atoms with van der Waals surface area (Å²) in [5, 5.41) is 18.4. The number of aromatic nitrogens is 3. The molecule has 0 aromatic carbocycles. The van der Waals surface area contributed by atoms with Crippen molar-refractivity contribution in [1.29, 1.82) is 0 Å². The summed E-state index contributed by atoms with van der Waals surface area (Å²) < 4.78 is 25.3. The Morgan fingerprint density at radius 3 is 2.83 bits per heavy atom. The second kappa shape index (κ2) is 9.12. The van der Waals surface area contributed by atoms with Crippen LogP contribution in [0.15, 0.2) is 46.3 Å². The molecule has 192 valence electrons. The second-order valence-electron chi connectivity index (χ2n) is 9.38. The van der Waals surface area contributed by atoms with Crippen molar-refractivity contribution in [3.63, 3.8) is 0 Å². The number of sulfonamides is 1. The van der Waals surface area contributed by atoms with Gasteiger partial charge in [0.25, 0.3) is 5.91 Å². The number of carbonyl (C=O) groups is 2. The Hall–Kier alpha value is -3.03. The highest BCUT2D eigenvalue weighted by molar-refractivity contribution is 7.93. The summed E-state index contributed by atoms with van der Waals surface area (Å²) in [5.74, 6) is -0.527. The van der Waals surface area contributed by atoms with Crippen molar-refractivity contribution in [3.05, 3.63) is 47.1 Å². The van der Waals surface area contributed by atoms with Crippen LogP contribution in [0.5, 0.6) is 0 Å². The minimum atomic E-state index is -3.89. The molecule has 36 heavy (non-hydrogen) atoms. The van der Waals surface area contributed by atoms with Crippen LogP contribution in [0.4, 0.5) is 0 Å². The predicted octanol–water partition coefficient (Wildman–Crippen LogP) is 0.483. The van der Waals surface area contributed by atoms with E-state index in [-0.39, 0.29) is 40.5 Å². The number of nitrogens with zero attached hydrogens (tertiary/aromatic N) is 6. The number of likely N-dealkylation sites (N-methyl/N-ethyl adjacent to an activating group) is 1. The van der Waals surface area contributed by atoms with Crippen molar-refractivity contribution in [2.75, 3.05) is 13.6 Å². The van der Waals surface area contributed by atoms with Gasteiger partial charge in [0.15, 0.2) is 0 Å². The van der Waals surface area contributed by atoms with Crippen molar-refractivity contribution in [3.8, 4) is 0 Å². The molecule has 0 radical (unpaired) electrons. The molecule has 4 aliphatic rings. The number of rotatable bonds is 4. The van der Waals surface area contributed by atoms with Crippen LogP contribution < -0.4 is 10.5 Å². The van der Waals surface area contributed by atoms with Crippen LogP contribution in [0.25, 0.3) is 0 Å². The van der Waals surface area contributed by atoms with Crippen molar-refractivity contribution < 1.29 is 18.0 Å². The lowest BCUT2D eigenvalue weighted by Crippen LogP contribution is -2.52. The first-order valence-electron chi connectivity index (χ1n) is 11.6. The average Bonchev–Trinajstić information content (AvgIpc) is 3.43. The van der Waals surface area contributed by atoms with Gasteiger partial charge in [0.05, 0.1) is 28.1 Å². The lowest BCUT2D eigenvalue weighted by Gasteiger charge is -2.38. The van der Waals surface area contributed by atoms with Crippen LogP contribution >= 0.6 is 11.6 Å². The van der Waals surface area contributed by atoms with Gasteiger partial charge in [0, 0.05) is 19.5 Å². The Morgan fingerprint density at radius 2 is 2.11 bits per heavy atom. The summed E-state index contributed by atoms with van der Waals surface area (Å²) in [4.78, 5) is 31.3. The zero-order valence-corrected chi connectivity index (χ0v) is 21.4. The summed E-state index contributed by atoms with van der Waals surface area (Å²) in [5.41, 5.74) is 1.68. The maximum atomic E-state index is 13.3. The molecule has 1 aromatic heterocycles. The van der Waals surface area contributed by atoms with E-state index >= 15 is 0 Å². The molecule has 1 aromatic rings. The smallest absolute Gasteiger partial charge is 0.294 e. The number of amides is 2. The third-order valence-corrected chi connectivity index (χ3v) is 8.30. The van der Waals surface area contributed by atoms with Gasteiger partial charge in [-0.05, 0) is 50.1 Å². The summed E-state index contributed by atoms with van der Waals surface area (Å²) in [6.07, 6.45) is 9.45. The highest BCUT2D eigenvalue weighted by Crippen LogP contribution is 2.39. The van der Waals surface area contributed by atoms with Crippen LogP contribution in [0.1, 0.15) is 42.8 Å². The number of nitrogens with one attached hydrogen (secondary N) is 1. The minimum absolute atomic E-state index is 0.00719. The van der Waals surface area contributed by atoms with E-state index in [1.165, 1.54) is 17.1 Å². The van der Waals surface area contributed by atoms with Crippen molar-refractivity contribution in [2.45, 2.75) is 49.7 Å². The normalized spacial score (nSPS) is 30.4. The van der Waals surface area contributed by atoms with Gasteiger partial charge in [-0.2, -0.15) is 5.10 Å². The highest BCUT2D eigenvalue weighted by atomic mass is 35.5. The number of hydrogen-bond acceptors (Lipinski definition) is 8. The van der Waals surface area contributed by atoms with E-state index in [1.807, 2.05) is 25.1 Å². The molecule has 0 saturated carbocycles. The Labute approximate surface area is 213 Å². The molecule has 3 N–H and O–H groups in total. The SMILES string of the molecule is C[C@H]1C2=NN(C)C(C3=CC(S(N)(=O)=O)=CC(Cl)C3)C2CCN1C(=O)c1ncn(C2CC=CNC2=O)n1. The van der Waals surface area contributed by atoms with E-state index in [0.29, 0.717) is 25.8 Å². The maximum Gasteiger partial charge on any atom is 0.294 e. The molecule has 1 aliphatic carbocycles. The molecule has 3 aliphatic heterocycles. The Bertz CT molecular complexity index is 1330. The third-order valence-electron chi connectivity index (χ3n) is 7.11. The quantitative estimate of drug-likeness (QED) is 0.532. The van der Waals surface area contributed by atoms with Gasteiger partial charge in [0.2, 0.25) is 21.8 Å². The largest absolute Gasteiger partial charge is 0.331 e. The first-order chi connectivity index (χ1) is 17.0. The van der Waals surface area contributed by atoms with E-state index in [2.05, 4.69) is 15.4 Å². The van der Waals surface area contributed by atoms with E-state index in [4.69, 9.17) is 21.8 Å². The first kappa shape index (κ1) is 24.7. The average molecular weight is 535 g/mol. The predicted molar refractivity (Wildman–Crippen MR) is 132 cm³/mol. The molecule has 5 rings (SSSR count). The first-order valence-corrected chi connectivity index (χ1v) is 13.6. The van der Waals surface area contributed by atoms with Gasteiger partial charge < -0.3 is 10.2 Å². The summed E-state index contributed by atoms with van der Waals surface area (Å²) in [7, 11) is -2.06. The van der Waals surface area contributed by atoms with Crippen LogP contribution in [-0.4, -0.2) is 81.7 Å². The number of carbonyl (C=O) groups excluding carboxylic acids is 2. The number of fused-ring (bicyclic) bond motifs is 1. The molecule has 5 atom stereocenters. The molecule has 4 unspecified atom stereocenters. The number of alkyl halides is 1. The van der Waals surface area contributed by atoms with Crippen molar-refractivity contribution in [2.24, 2.45) is 16.2 Å². The summed E-state index contributed by atoms with van der Waals surface area (Å²) in [6, 6.07) is -1.05. The zero-order chi connectivity index (χ0) is 25.8. The Morgan fingerprint density at radius 1 is 1.33 bits per heavy atom. The Balaban J connectivity index is 1.34. The number of primary sulfonamides is 1. The topological polar surface area (TPSA) is 156 Å². The fourth-order valence-electron chi connectivity index (χ4n) is 5.40. The number of piperidine rings is 1. The molecule has 0 bridgehead atoms. The lowest BCUT2D eigenvalue weighted by atomic mass is 9.79. The molecule has 4 heterocycles. The number of nitrogens with two attached hydrogens (primary N) is 1. The number of halogens is 1. The van der Waals surface area contributed by atoms with Gasteiger partial charge in [-0.15, -0.1) is 16.7 Å². The standard InChI is InChI=1S/C22H27ClN8O4S/c1-12-18-16(19(29(2)27-18)13-8-14(23)10-15(9-13)36(24,34)35)5-7-30(12)22(33)20-26-11-31(28-20)17-4-3-6-25-21(17)32/h3,6,9-12,14,16-17,19H,4-5,7-8H2,1-2H3,(H,25,32)(H2,24,34,35)/t12-,14?,16?,17?,19?/m0/s1. The lowest BCUT2D eigenvalue weighted by molar-refractivity contribution is -0.124. The summed E-state index contributed by atoms with van der Waals surface area (Å²) in [6.45, 7) is 2.36. The van der Waals surface area contributed by atoms with Crippen molar-refractivity contribution >= 4 is 39.2 Å². The molecule has 0 spiro atoms. The zero-order valence-electron chi connectivity index (χ0n) is 19.8. The minimum Gasteiger partial charge on any atom is -0.331 e. The number of allylic oxidation sites excluding steroid dienone is 3. The number of hydrazone groups is 1. The maximum absolute atomic E-state index is 13.3. The monoisotopic (exact) mass is 534 g/mol. The van der Waals surface area contributed by atoms with Crippen LogP contribution in [-0.2, 0) is 14.8 Å². The van der Waals surface area contributed by atoms with Gasteiger partial charge in [-0.3, -0.25) is 14.6 Å². The summed E-state index contributed by atoms with van der Waals surface area (Å²) >= 11 is 6.35. The van der Waals surface area contributed by atoms with Gasteiger partial charge in [-0.1, -0.05) is 6.08 Å². The fraction of sp³-hybridized carbons (Fsp3) is 0.500. The van der Waals surface area contributed by atoms with Crippen LogP contribution in [0, 0.1) is 5.92 Å². The van der Waals surface area contributed by atoms with Gasteiger partial charge in [0.1, 0.15) is 12.4 Å². The van der Waals surface area contributed by atoms with Gasteiger partial charge in [-0.25, -0.2) is 23.2 Å². The molecule has 1 fully saturated rings. The molecule has 14 heteroatoms. The highest BCUT2D eigenvalue weighted by Gasteiger charge is 2.46. The number of likely N-dealkylation sites (tertiary alicyclic amines) is 1. The fourth-order valence-corrected chi connectivity index (χ4v) is 6.46.